The van der Waals surface area contributed by atoms with E-state index < -0.39 is 22.5 Å². The molecular weight excluding hydrogens is 332 g/mol. The molecule has 4 aliphatic rings. The van der Waals surface area contributed by atoms with E-state index in [9.17, 15) is 4.79 Å². The molecule has 3 fully saturated rings. The number of amides is 1. The van der Waals surface area contributed by atoms with Crippen LogP contribution in [-0.2, 0) is 9.53 Å². The number of thioether (sulfide) groups is 1. The van der Waals surface area contributed by atoms with Crippen LogP contribution in [0.1, 0.15) is 51.9 Å². The van der Waals surface area contributed by atoms with Gasteiger partial charge in [0.25, 0.3) is 11.8 Å². The second-order valence-electron chi connectivity index (χ2n) is 8.09. The van der Waals surface area contributed by atoms with E-state index in [4.69, 9.17) is 4.74 Å². The van der Waals surface area contributed by atoms with Crippen LogP contribution in [0.2, 0.25) is 0 Å². The van der Waals surface area contributed by atoms with Crippen molar-refractivity contribution in [3.05, 3.63) is 0 Å². The van der Waals surface area contributed by atoms with Gasteiger partial charge in [-0.3, -0.25) is 4.79 Å². The molecule has 0 aromatic carbocycles. The zero-order chi connectivity index (χ0) is 16.9. The van der Waals surface area contributed by atoms with E-state index >= 15 is 8.78 Å². The van der Waals surface area contributed by atoms with Gasteiger partial charge in [-0.2, -0.15) is 0 Å². The fourth-order valence-electron chi connectivity index (χ4n) is 5.12. The molecule has 6 heteroatoms. The predicted octanol–water partition coefficient (Wildman–Crippen LogP) is 4.31. The maximum Gasteiger partial charge on any atom is 0.274 e. The van der Waals surface area contributed by atoms with Crippen molar-refractivity contribution in [1.29, 1.82) is 0 Å². The van der Waals surface area contributed by atoms with Gasteiger partial charge in [-0.05, 0) is 63.2 Å². The summed E-state index contributed by atoms with van der Waals surface area (Å²) in [4.78, 5) is 16.5. The van der Waals surface area contributed by atoms with E-state index in [2.05, 4.69) is 4.99 Å². The Kier molecular flexibility index (Phi) is 4.27. The second kappa shape index (κ2) is 6.04. The van der Waals surface area contributed by atoms with Crippen LogP contribution in [0.4, 0.5) is 8.78 Å². The first-order valence-electron chi connectivity index (χ1n) is 9.16. The minimum absolute atomic E-state index is 0.318. The number of ether oxygens (including phenoxy) is 1. The van der Waals surface area contributed by atoms with Crippen LogP contribution in [0.3, 0.4) is 0 Å². The summed E-state index contributed by atoms with van der Waals surface area (Å²) in [5.41, 5.74) is 0. The molecule has 1 saturated heterocycles. The number of aliphatic imine (C=N–C) groups is 1. The first kappa shape index (κ1) is 17.0. The Hall–Kier alpha value is -0.490. The molecule has 2 heterocycles. The highest BCUT2D eigenvalue weighted by atomic mass is 32.2. The summed E-state index contributed by atoms with van der Waals surface area (Å²) >= 11 is 1.05. The Morgan fingerprint density at radius 2 is 2.00 bits per heavy atom. The SMILES string of the molecule is CC1(C(F)(F)C2CCOCC2)SC(C[C@H]2C[C@@H]3CC[C@H]2C3)=NC1=O. The molecule has 2 saturated carbocycles. The van der Waals surface area contributed by atoms with Gasteiger partial charge in [0.15, 0.2) is 4.75 Å². The Bertz CT molecular complexity index is 561. The highest BCUT2D eigenvalue weighted by Crippen LogP contribution is 2.54. The predicted molar refractivity (Wildman–Crippen MR) is 90.5 cm³/mol. The van der Waals surface area contributed by atoms with Gasteiger partial charge >= 0.3 is 0 Å². The largest absolute Gasteiger partial charge is 0.381 e. The van der Waals surface area contributed by atoms with Gasteiger partial charge in [0, 0.05) is 19.1 Å². The van der Waals surface area contributed by atoms with Crippen LogP contribution in [0.15, 0.2) is 4.99 Å². The van der Waals surface area contributed by atoms with Crippen LogP contribution in [0, 0.1) is 23.7 Å². The number of rotatable bonds is 4. The minimum Gasteiger partial charge on any atom is -0.381 e. The van der Waals surface area contributed by atoms with Crippen LogP contribution in [0.25, 0.3) is 0 Å². The smallest absolute Gasteiger partial charge is 0.274 e. The average Bonchev–Trinajstić information content (AvgIpc) is 3.24. The Balaban J connectivity index is 1.46. The number of hydrogen-bond donors (Lipinski definition) is 0. The summed E-state index contributed by atoms with van der Waals surface area (Å²) in [6.45, 7) is 2.11. The monoisotopic (exact) mass is 357 g/mol. The summed E-state index contributed by atoms with van der Waals surface area (Å²) in [7, 11) is 0. The molecule has 0 spiro atoms. The van der Waals surface area contributed by atoms with Crippen LogP contribution < -0.4 is 0 Å². The van der Waals surface area contributed by atoms with Crippen LogP contribution >= 0.6 is 11.8 Å². The lowest BCUT2D eigenvalue weighted by atomic mass is 9.84. The molecule has 2 bridgehead atoms. The number of hydrogen-bond acceptors (Lipinski definition) is 3. The normalized spacial score (nSPS) is 40.4. The summed E-state index contributed by atoms with van der Waals surface area (Å²) in [5.74, 6) is -2.39. The molecule has 0 radical (unpaired) electrons. The standard InChI is InChI=1S/C18H25F2NO2S/c1-17(18(19,20)14-4-6-23-7-5-14)16(22)21-15(24-17)10-13-9-11-2-3-12(13)8-11/h11-14H,2-10H2,1H3/t11-,12+,13-,17?/m1/s1. The maximum atomic E-state index is 15.1. The molecule has 134 valence electrons. The summed E-state index contributed by atoms with van der Waals surface area (Å²) in [6.07, 6.45) is 6.40. The van der Waals surface area contributed by atoms with Crippen molar-refractivity contribution in [2.75, 3.05) is 13.2 Å². The van der Waals surface area contributed by atoms with E-state index in [0.29, 0.717) is 37.0 Å². The Morgan fingerprint density at radius 3 is 2.62 bits per heavy atom. The molecule has 0 aromatic heterocycles. The van der Waals surface area contributed by atoms with Crippen molar-refractivity contribution >= 4 is 22.7 Å². The molecule has 2 aliphatic carbocycles. The van der Waals surface area contributed by atoms with E-state index in [1.165, 1.54) is 32.6 Å². The van der Waals surface area contributed by atoms with Crippen LogP contribution in [0.5, 0.6) is 0 Å². The second-order valence-corrected chi connectivity index (χ2v) is 9.59. The zero-order valence-electron chi connectivity index (χ0n) is 14.1. The van der Waals surface area contributed by atoms with Gasteiger partial charge in [-0.25, -0.2) is 13.8 Å². The van der Waals surface area contributed by atoms with Crippen LogP contribution in [-0.4, -0.2) is 34.8 Å². The molecule has 24 heavy (non-hydrogen) atoms. The third-order valence-electron chi connectivity index (χ3n) is 6.65. The fraction of sp³-hybridized carbons (Fsp3) is 0.889. The van der Waals surface area contributed by atoms with Gasteiger partial charge in [-0.15, -0.1) is 0 Å². The van der Waals surface area contributed by atoms with Crippen molar-refractivity contribution in [3.63, 3.8) is 0 Å². The van der Waals surface area contributed by atoms with Crippen molar-refractivity contribution in [1.82, 2.24) is 0 Å². The molecule has 3 nitrogen and oxygen atoms in total. The molecule has 4 atom stereocenters. The van der Waals surface area contributed by atoms with Crippen molar-refractivity contribution < 1.29 is 18.3 Å². The third-order valence-corrected chi connectivity index (χ3v) is 8.00. The van der Waals surface area contributed by atoms with Gasteiger partial charge in [-0.1, -0.05) is 18.2 Å². The van der Waals surface area contributed by atoms with E-state index in [1.54, 1.807) is 0 Å². The minimum atomic E-state index is -3.04. The van der Waals surface area contributed by atoms with Gasteiger partial charge in [0.2, 0.25) is 0 Å². The lowest BCUT2D eigenvalue weighted by molar-refractivity contribution is -0.145. The van der Waals surface area contributed by atoms with Gasteiger partial charge in [0.1, 0.15) is 0 Å². The molecule has 1 unspecified atom stereocenters. The first-order valence-corrected chi connectivity index (χ1v) is 9.98. The average molecular weight is 357 g/mol. The summed E-state index contributed by atoms with van der Waals surface area (Å²) < 4.78 is 33.7. The van der Waals surface area contributed by atoms with Gasteiger partial charge in [0.05, 0.1) is 5.04 Å². The molecule has 0 N–H and O–H groups in total. The zero-order valence-corrected chi connectivity index (χ0v) is 14.9. The molecule has 0 aromatic rings. The fourth-order valence-corrected chi connectivity index (χ4v) is 6.45. The summed E-state index contributed by atoms with van der Waals surface area (Å²) in [5, 5.41) is 0.645. The molecule has 1 amide bonds. The lowest BCUT2D eigenvalue weighted by Crippen LogP contribution is -2.52. The Morgan fingerprint density at radius 1 is 1.25 bits per heavy atom. The highest BCUT2D eigenvalue weighted by molar-refractivity contribution is 8.16. The number of carbonyl (C=O) groups excluding carboxylic acids is 1. The van der Waals surface area contributed by atoms with E-state index in [0.717, 1.165) is 30.0 Å². The lowest BCUT2D eigenvalue weighted by Gasteiger charge is -2.38. The Labute approximate surface area is 146 Å². The number of nitrogens with zero attached hydrogens (tertiary/aromatic N) is 1. The number of alkyl halides is 2. The first-order chi connectivity index (χ1) is 11.4. The third kappa shape index (κ3) is 2.64. The van der Waals surface area contributed by atoms with Gasteiger partial charge < -0.3 is 4.74 Å². The van der Waals surface area contributed by atoms with Crippen molar-refractivity contribution in [2.24, 2.45) is 28.7 Å². The van der Waals surface area contributed by atoms with E-state index in [-0.39, 0.29) is 0 Å². The number of halogens is 2. The maximum absolute atomic E-state index is 15.1. The summed E-state index contributed by atoms with van der Waals surface area (Å²) in [6, 6.07) is 0. The molecular formula is C18H25F2NO2S. The molecule has 4 rings (SSSR count). The van der Waals surface area contributed by atoms with Crippen molar-refractivity contribution in [3.8, 4) is 0 Å². The van der Waals surface area contributed by atoms with Crippen molar-refractivity contribution in [2.45, 2.75) is 62.5 Å². The number of carbonyl (C=O) groups is 1. The highest BCUT2D eigenvalue weighted by Gasteiger charge is 2.63. The quantitative estimate of drug-likeness (QED) is 0.753. The molecule has 2 aliphatic heterocycles. The number of fused-ring (bicyclic) bond motifs is 2. The topological polar surface area (TPSA) is 38.7 Å². The van der Waals surface area contributed by atoms with E-state index in [1.807, 2.05) is 0 Å².